The normalized spacial score (nSPS) is 12.3. The molecule has 0 aliphatic heterocycles. The van der Waals surface area contributed by atoms with Crippen molar-refractivity contribution in [2.45, 2.75) is 24.8 Å². The summed E-state index contributed by atoms with van der Waals surface area (Å²) < 4.78 is 42.4. The third kappa shape index (κ3) is 5.05. The van der Waals surface area contributed by atoms with E-state index in [0.29, 0.717) is 0 Å². The number of esters is 1. The van der Waals surface area contributed by atoms with Gasteiger partial charge in [-0.15, -0.1) is 0 Å². The van der Waals surface area contributed by atoms with Gasteiger partial charge in [-0.25, -0.2) is 17.6 Å². The van der Waals surface area contributed by atoms with Crippen LogP contribution < -0.4 is 5.32 Å². The number of ether oxygens (including phenoxy) is 1. The van der Waals surface area contributed by atoms with Gasteiger partial charge in [0, 0.05) is 0 Å². The number of halogens is 2. The van der Waals surface area contributed by atoms with Crippen LogP contribution in [0.4, 0.5) is 10.1 Å². The summed E-state index contributed by atoms with van der Waals surface area (Å²) in [5.41, 5.74) is -0.00117. The molecule has 0 bridgehead atoms. The maximum atomic E-state index is 13.1. The Hall–Kier alpha value is -2.45. The monoisotopic (exact) mass is 413 g/mol. The van der Waals surface area contributed by atoms with E-state index in [1.807, 2.05) is 0 Å². The number of anilines is 1. The summed E-state index contributed by atoms with van der Waals surface area (Å²) in [5.74, 6) is -2.40. The first-order valence-corrected chi connectivity index (χ1v) is 9.97. The number of rotatable bonds is 6. The average Bonchev–Trinajstić information content (AvgIpc) is 2.63. The van der Waals surface area contributed by atoms with Gasteiger partial charge < -0.3 is 10.1 Å². The van der Waals surface area contributed by atoms with Crippen molar-refractivity contribution in [1.82, 2.24) is 0 Å². The van der Waals surface area contributed by atoms with Crippen molar-refractivity contribution in [1.29, 1.82) is 0 Å². The molecule has 144 valence electrons. The molecule has 0 spiro atoms. The quantitative estimate of drug-likeness (QED) is 0.732. The first-order valence-electron chi connectivity index (χ1n) is 7.94. The van der Waals surface area contributed by atoms with E-state index < -0.39 is 33.6 Å². The SMILES string of the molecule is CCS(=O)(=O)c1ccccc1C(=O)O[C@H](C)C(=O)Nc1ccc(F)cc1Cl. The van der Waals surface area contributed by atoms with Crippen LogP contribution in [-0.4, -0.2) is 32.2 Å². The van der Waals surface area contributed by atoms with E-state index in [9.17, 15) is 22.4 Å². The number of hydrogen-bond acceptors (Lipinski definition) is 5. The lowest BCUT2D eigenvalue weighted by molar-refractivity contribution is -0.123. The minimum absolute atomic E-state index is 0.0127. The van der Waals surface area contributed by atoms with Crippen molar-refractivity contribution in [2.24, 2.45) is 0 Å². The fraction of sp³-hybridized carbons (Fsp3) is 0.222. The molecule has 0 saturated heterocycles. The Bertz CT molecular complexity index is 977. The number of hydrogen-bond donors (Lipinski definition) is 1. The van der Waals surface area contributed by atoms with Gasteiger partial charge >= 0.3 is 5.97 Å². The molecule has 2 aromatic rings. The van der Waals surface area contributed by atoms with E-state index in [2.05, 4.69) is 5.32 Å². The van der Waals surface area contributed by atoms with E-state index >= 15 is 0 Å². The van der Waals surface area contributed by atoms with Crippen molar-refractivity contribution in [3.63, 3.8) is 0 Å². The Labute approximate surface area is 161 Å². The van der Waals surface area contributed by atoms with Gasteiger partial charge in [0.25, 0.3) is 5.91 Å². The van der Waals surface area contributed by atoms with Gasteiger partial charge in [-0.2, -0.15) is 0 Å². The molecule has 1 atom stereocenters. The van der Waals surface area contributed by atoms with Crippen LogP contribution in [0.5, 0.6) is 0 Å². The Kier molecular flexibility index (Phi) is 6.56. The van der Waals surface area contributed by atoms with Gasteiger partial charge in [0.15, 0.2) is 15.9 Å². The van der Waals surface area contributed by atoms with Crippen LogP contribution in [0.3, 0.4) is 0 Å². The van der Waals surface area contributed by atoms with E-state index in [4.69, 9.17) is 16.3 Å². The predicted octanol–water partition coefficient (Wildman–Crippen LogP) is 3.46. The largest absolute Gasteiger partial charge is 0.449 e. The first kappa shape index (κ1) is 20.9. The fourth-order valence-electron chi connectivity index (χ4n) is 2.16. The Morgan fingerprint density at radius 3 is 2.52 bits per heavy atom. The molecule has 0 unspecified atom stereocenters. The molecule has 1 amide bonds. The molecule has 0 heterocycles. The Morgan fingerprint density at radius 1 is 1.22 bits per heavy atom. The number of carbonyl (C=O) groups excluding carboxylic acids is 2. The number of amides is 1. The zero-order valence-corrected chi connectivity index (χ0v) is 16.1. The molecule has 9 heteroatoms. The Balaban J connectivity index is 2.15. The predicted molar refractivity (Wildman–Crippen MR) is 99.1 cm³/mol. The summed E-state index contributed by atoms with van der Waals surface area (Å²) in [6.07, 6.45) is -1.24. The van der Waals surface area contributed by atoms with E-state index in [1.165, 1.54) is 44.2 Å². The van der Waals surface area contributed by atoms with Crippen LogP contribution in [-0.2, 0) is 19.4 Å². The maximum absolute atomic E-state index is 13.1. The smallest absolute Gasteiger partial charge is 0.340 e. The van der Waals surface area contributed by atoms with Crippen molar-refractivity contribution in [3.8, 4) is 0 Å². The zero-order chi connectivity index (χ0) is 20.2. The van der Waals surface area contributed by atoms with Gasteiger partial charge in [0.2, 0.25) is 0 Å². The van der Waals surface area contributed by atoms with Crippen LogP contribution in [0.25, 0.3) is 0 Å². The van der Waals surface area contributed by atoms with Crippen molar-refractivity contribution in [2.75, 3.05) is 11.1 Å². The van der Waals surface area contributed by atoms with Gasteiger partial charge in [0.1, 0.15) is 5.82 Å². The second-order valence-electron chi connectivity index (χ2n) is 5.56. The topological polar surface area (TPSA) is 89.5 Å². The molecule has 2 aromatic carbocycles. The molecule has 0 fully saturated rings. The van der Waals surface area contributed by atoms with Gasteiger partial charge in [-0.3, -0.25) is 4.79 Å². The maximum Gasteiger partial charge on any atom is 0.340 e. The average molecular weight is 414 g/mol. The molecule has 0 saturated carbocycles. The first-order chi connectivity index (χ1) is 12.7. The molecule has 1 N–H and O–H groups in total. The molecule has 27 heavy (non-hydrogen) atoms. The highest BCUT2D eigenvalue weighted by Gasteiger charge is 2.25. The molecule has 0 radical (unpaired) electrons. The van der Waals surface area contributed by atoms with Crippen LogP contribution in [0.15, 0.2) is 47.4 Å². The summed E-state index contributed by atoms with van der Waals surface area (Å²) in [6, 6.07) is 9.02. The molecule has 2 rings (SSSR count). The highest BCUT2D eigenvalue weighted by molar-refractivity contribution is 7.91. The number of carbonyl (C=O) groups is 2. The zero-order valence-electron chi connectivity index (χ0n) is 14.5. The standard InChI is InChI=1S/C18H17ClFNO5S/c1-3-27(24,25)16-7-5-4-6-13(16)18(23)26-11(2)17(22)21-15-9-8-12(20)10-14(15)19/h4-11H,3H2,1-2H3,(H,21,22)/t11-/m1/s1. The van der Waals surface area contributed by atoms with Crippen molar-refractivity contribution >= 4 is 39.0 Å². The Morgan fingerprint density at radius 2 is 1.89 bits per heavy atom. The fourth-order valence-corrected chi connectivity index (χ4v) is 3.46. The van der Waals surface area contributed by atoms with Crippen LogP contribution >= 0.6 is 11.6 Å². The van der Waals surface area contributed by atoms with Gasteiger partial charge in [-0.1, -0.05) is 30.7 Å². The molecule has 0 aromatic heterocycles. The highest BCUT2D eigenvalue weighted by Crippen LogP contribution is 2.23. The summed E-state index contributed by atoms with van der Waals surface area (Å²) in [6.45, 7) is 2.78. The van der Waals surface area contributed by atoms with E-state index in [-0.39, 0.29) is 26.9 Å². The van der Waals surface area contributed by atoms with E-state index in [0.717, 1.165) is 12.1 Å². The van der Waals surface area contributed by atoms with Gasteiger partial charge in [-0.05, 0) is 37.3 Å². The second-order valence-corrected chi connectivity index (χ2v) is 8.21. The lowest BCUT2D eigenvalue weighted by atomic mass is 10.2. The third-order valence-corrected chi connectivity index (χ3v) is 5.76. The molecular weight excluding hydrogens is 397 g/mol. The van der Waals surface area contributed by atoms with Crippen molar-refractivity contribution in [3.05, 3.63) is 58.9 Å². The van der Waals surface area contributed by atoms with Crippen LogP contribution in [0.1, 0.15) is 24.2 Å². The minimum atomic E-state index is -3.64. The molecule has 0 aliphatic rings. The highest BCUT2D eigenvalue weighted by atomic mass is 35.5. The molecule has 0 aliphatic carbocycles. The minimum Gasteiger partial charge on any atom is -0.449 e. The number of benzene rings is 2. The summed E-state index contributed by atoms with van der Waals surface area (Å²) >= 11 is 5.84. The summed E-state index contributed by atoms with van der Waals surface area (Å²) in [5, 5.41) is 2.40. The number of sulfone groups is 1. The van der Waals surface area contributed by atoms with Gasteiger partial charge in [0.05, 0.1) is 26.9 Å². The summed E-state index contributed by atoms with van der Waals surface area (Å²) in [7, 11) is -3.64. The lowest BCUT2D eigenvalue weighted by Crippen LogP contribution is -2.30. The molecule has 6 nitrogen and oxygen atoms in total. The van der Waals surface area contributed by atoms with E-state index in [1.54, 1.807) is 0 Å². The second kappa shape index (κ2) is 8.49. The number of nitrogens with one attached hydrogen (secondary N) is 1. The lowest BCUT2D eigenvalue weighted by Gasteiger charge is -2.15. The third-order valence-electron chi connectivity index (χ3n) is 3.66. The molecular formula is C18H17ClFNO5S. The van der Waals surface area contributed by atoms with Crippen molar-refractivity contribution < 1.29 is 27.1 Å². The van der Waals surface area contributed by atoms with Crippen LogP contribution in [0.2, 0.25) is 5.02 Å². The van der Waals surface area contributed by atoms with Crippen LogP contribution in [0, 0.1) is 5.82 Å². The summed E-state index contributed by atoms with van der Waals surface area (Å²) in [4.78, 5) is 24.4.